The van der Waals surface area contributed by atoms with Crippen LogP contribution >= 0.6 is 35.6 Å². The highest BCUT2D eigenvalue weighted by atomic mass is 35.5. The van der Waals surface area contributed by atoms with E-state index in [9.17, 15) is 4.79 Å². The van der Waals surface area contributed by atoms with Crippen LogP contribution in [0.15, 0.2) is 57.2 Å². The Bertz CT molecular complexity index is 1340. The van der Waals surface area contributed by atoms with Crippen LogP contribution in [0, 0.1) is 6.92 Å². The third kappa shape index (κ3) is 8.57. The van der Waals surface area contributed by atoms with E-state index in [1.54, 1.807) is 30.8 Å². The molecule has 38 heavy (non-hydrogen) atoms. The molecule has 1 aliphatic rings. The number of halogens is 1. The maximum absolute atomic E-state index is 11.4. The topological polar surface area (TPSA) is 137 Å². The molecule has 0 aliphatic carbocycles. The molecule has 0 bridgehead atoms. The first kappa shape index (κ1) is 29.7. The molecule has 10 nitrogen and oxygen atoms in total. The fourth-order valence-electron chi connectivity index (χ4n) is 3.11. The number of aromatic nitrogens is 2. The van der Waals surface area contributed by atoms with Gasteiger partial charge in [0.25, 0.3) is 0 Å². The Hall–Kier alpha value is -2.90. The first-order valence-electron chi connectivity index (χ1n) is 11.6. The quantitative estimate of drug-likeness (QED) is 0.216. The fraction of sp³-hybridized carbons (Fsp3) is 0.360. The minimum Gasteiger partial charge on any atom is -0.469 e. The number of thiocarbonyl (C=S) groups is 1. The van der Waals surface area contributed by atoms with Crippen LogP contribution in [0.4, 0.5) is 11.5 Å². The number of furan rings is 1. The Kier molecular flexibility index (Phi) is 10.3. The molecule has 0 unspecified atom stereocenters. The second kappa shape index (κ2) is 13.3. The summed E-state index contributed by atoms with van der Waals surface area (Å²) in [7, 11) is 0. The number of hydrogen-bond acceptors (Lipinski definition) is 10. The number of aryl methyl sites for hydroxylation is 1. The van der Waals surface area contributed by atoms with E-state index in [1.165, 1.54) is 16.3 Å². The number of thioether (sulfide) groups is 1. The lowest BCUT2D eigenvalue weighted by Gasteiger charge is -2.15. The molecule has 0 amide bonds. The normalized spacial score (nSPS) is 17.2. The van der Waals surface area contributed by atoms with Crippen molar-refractivity contribution in [2.24, 2.45) is 5.16 Å². The lowest BCUT2D eigenvalue weighted by Crippen LogP contribution is -2.28. The number of aliphatic hydroxyl groups is 1. The van der Waals surface area contributed by atoms with Gasteiger partial charge in [0.1, 0.15) is 33.8 Å². The van der Waals surface area contributed by atoms with E-state index in [0.29, 0.717) is 15.8 Å². The number of nitrogen functional groups attached to an aromatic ring is 1. The molecule has 204 valence electrons. The van der Waals surface area contributed by atoms with Crippen LogP contribution in [0.2, 0.25) is 5.02 Å². The average Bonchev–Trinajstić information content (AvgIpc) is 3.50. The van der Waals surface area contributed by atoms with E-state index in [2.05, 4.69) is 15.5 Å². The highest BCUT2D eigenvalue weighted by Gasteiger charge is 2.27. The predicted molar refractivity (Wildman–Crippen MR) is 155 cm³/mol. The van der Waals surface area contributed by atoms with Gasteiger partial charge in [-0.3, -0.25) is 4.57 Å². The summed E-state index contributed by atoms with van der Waals surface area (Å²) in [5, 5.41) is 16.6. The molecule has 13 heteroatoms. The van der Waals surface area contributed by atoms with Crippen LogP contribution < -0.4 is 16.7 Å². The summed E-state index contributed by atoms with van der Waals surface area (Å²) in [6.45, 7) is 7.59. The van der Waals surface area contributed by atoms with Crippen molar-refractivity contribution in [1.29, 1.82) is 0 Å². The molecule has 4 N–H and O–H groups in total. The molecule has 3 aromatic rings. The molecule has 0 spiro atoms. The smallest absolute Gasteiger partial charge is 0.351 e. The Labute approximate surface area is 235 Å². The van der Waals surface area contributed by atoms with Gasteiger partial charge in [-0.1, -0.05) is 29.0 Å². The number of nitrogens with one attached hydrogen (secondary N) is 1. The Morgan fingerprint density at radius 2 is 2.18 bits per heavy atom. The van der Waals surface area contributed by atoms with E-state index < -0.39 is 5.69 Å². The van der Waals surface area contributed by atoms with Gasteiger partial charge >= 0.3 is 5.69 Å². The number of oxime groups is 1. The van der Waals surface area contributed by atoms with E-state index in [4.69, 9.17) is 48.7 Å². The van der Waals surface area contributed by atoms with Crippen molar-refractivity contribution >= 4 is 58.3 Å². The SMILES string of the molecule is Cc1occc1C(=S)Nc1ccc(Cl)c(/C=N/OC(C)(C)C)c1.Nc1ccn([C@@H]2CS[C@H](CO)O2)c(=O)n1. The maximum Gasteiger partial charge on any atom is 0.351 e. The van der Waals surface area contributed by atoms with Crippen molar-refractivity contribution < 1.29 is 19.1 Å². The number of hydrogen-bond donors (Lipinski definition) is 3. The number of nitrogens with zero attached hydrogens (tertiary/aromatic N) is 3. The molecule has 1 saturated heterocycles. The molecule has 2 atom stereocenters. The summed E-state index contributed by atoms with van der Waals surface area (Å²) >= 11 is 13.0. The molecular formula is C25H30ClN5O5S2. The zero-order chi connectivity index (χ0) is 27.9. The molecule has 1 fully saturated rings. The van der Waals surface area contributed by atoms with Gasteiger partial charge in [-0.2, -0.15) is 4.98 Å². The van der Waals surface area contributed by atoms with Crippen molar-refractivity contribution in [2.45, 2.75) is 45.0 Å². The zero-order valence-electron chi connectivity index (χ0n) is 21.4. The summed E-state index contributed by atoms with van der Waals surface area (Å²) in [4.78, 5) is 21.0. The number of anilines is 2. The standard InChI is InChI=1S/C17H19ClN2O2S.C8H11N3O3S/c1-11-14(7-8-21-11)16(23)20-13-5-6-15(18)12(9-13)10-19-22-17(2,3)4;9-5-1-2-11(8(13)10-5)6-4-15-7(3-12)14-6/h5-10H,1-4H3,(H,20,23);1-2,6-7,12H,3-4H2,(H2,9,10,13)/b19-10+;/t;6-,7+/m.0/s1. The van der Waals surface area contributed by atoms with Crippen LogP contribution in [-0.4, -0.2) is 49.3 Å². The Balaban J connectivity index is 0.000000230. The average molecular weight is 580 g/mol. The number of rotatable bonds is 6. The van der Waals surface area contributed by atoms with Gasteiger partial charge in [-0.15, -0.1) is 11.8 Å². The van der Waals surface area contributed by atoms with Gasteiger partial charge in [0, 0.05) is 28.2 Å². The van der Waals surface area contributed by atoms with Gasteiger partial charge in [0.15, 0.2) is 0 Å². The molecule has 1 aliphatic heterocycles. The summed E-state index contributed by atoms with van der Waals surface area (Å²) in [6, 6.07) is 8.88. The highest BCUT2D eigenvalue weighted by Crippen LogP contribution is 2.30. The first-order valence-corrected chi connectivity index (χ1v) is 13.4. The molecule has 4 rings (SSSR count). The summed E-state index contributed by atoms with van der Waals surface area (Å²) < 4.78 is 12.1. The maximum atomic E-state index is 11.4. The second-order valence-electron chi connectivity index (χ2n) is 9.10. The third-order valence-corrected chi connectivity index (χ3v) is 6.70. The van der Waals surface area contributed by atoms with E-state index in [0.717, 1.165) is 22.6 Å². The number of nitrogens with two attached hydrogens (primary N) is 1. The van der Waals surface area contributed by atoms with Gasteiger partial charge in [0.05, 0.1) is 24.6 Å². The van der Waals surface area contributed by atoms with E-state index >= 15 is 0 Å². The molecule has 0 radical (unpaired) electrons. The lowest BCUT2D eigenvalue weighted by atomic mass is 10.2. The van der Waals surface area contributed by atoms with Crippen molar-refractivity contribution in [3.05, 3.63) is 75.2 Å². The van der Waals surface area contributed by atoms with E-state index in [-0.39, 0.29) is 29.7 Å². The minimum absolute atomic E-state index is 0.0572. The zero-order valence-corrected chi connectivity index (χ0v) is 23.8. The molecular weight excluding hydrogens is 550 g/mol. The van der Waals surface area contributed by atoms with Gasteiger partial charge in [-0.25, -0.2) is 4.79 Å². The first-order chi connectivity index (χ1) is 18.0. The van der Waals surface area contributed by atoms with Gasteiger partial charge in [-0.05, 0) is 58.0 Å². The van der Waals surface area contributed by atoms with Crippen LogP contribution in [0.3, 0.4) is 0 Å². The van der Waals surface area contributed by atoms with Gasteiger partial charge in [0.2, 0.25) is 0 Å². The van der Waals surface area contributed by atoms with Crippen LogP contribution in [0.25, 0.3) is 0 Å². The number of ether oxygens (including phenoxy) is 1. The van der Waals surface area contributed by atoms with Crippen molar-refractivity contribution in [1.82, 2.24) is 9.55 Å². The molecule has 0 saturated carbocycles. The van der Waals surface area contributed by atoms with Crippen molar-refractivity contribution in [3.63, 3.8) is 0 Å². The monoisotopic (exact) mass is 579 g/mol. The minimum atomic E-state index is -0.431. The Morgan fingerprint density at radius 3 is 2.79 bits per heavy atom. The van der Waals surface area contributed by atoms with Crippen LogP contribution in [0.5, 0.6) is 0 Å². The largest absolute Gasteiger partial charge is 0.469 e. The van der Waals surface area contributed by atoms with E-state index in [1.807, 2.05) is 45.9 Å². The number of benzene rings is 1. The molecule has 2 aromatic heterocycles. The summed E-state index contributed by atoms with van der Waals surface area (Å²) in [6.07, 6.45) is 4.39. The molecule has 1 aromatic carbocycles. The summed E-state index contributed by atoms with van der Waals surface area (Å²) in [5.74, 6) is 1.59. The van der Waals surface area contributed by atoms with Crippen LogP contribution in [0.1, 0.15) is 43.9 Å². The van der Waals surface area contributed by atoms with Crippen molar-refractivity contribution in [3.8, 4) is 0 Å². The third-order valence-electron chi connectivity index (χ3n) is 4.92. The molecule has 3 heterocycles. The predicted octanol–water partition coefficient (Wildman–Crippen LogP) is 4.58. The van der Waals surface area contributed by atoms with Gasteiger partial charge < -0.3 is 30.1 Å². The highest BCUT2D eigenvalue weighted by molar-refractivity contribution is 8.00. The second-order valence-corrected chi connectivity index (χ2v) is 11.1. The lowest BCUT2D eigenvalue weighted by molar-refractivity contribution is -0.00629. The summed E-state index contributed by atoms with van der Waals surface area (Å²) in [5.41, 5.74) is 6.75. The van der Waals surface area contributed by atoms with Crippen molar-refractivity contribution in [2.75, 3.05) is 23.4 Å². The Morgan fingerprint density at radius 1 is 1.42 bits per heavy atom. The van der Waals surface area contributed by atoms with Crippen LogP contribution in [-0.2, 0) is 9.57 Å². The number of aliphatic hydroxyl groups excluding tert-OH is 1. The fourth-order valence-corrected chi connectivity index (χ4v) is 4.54.